The predicted octanol–water partition coefficient (Wildman–Crippen LogP) is 1.25. The average molecular weight is 211 g/mol. The van der Waals surface area contributed by atoms with E-state index in [1.165, 1.54) is 0 Å². The van der Waals surface area contributed by atoms with Gasteiger partial charge in [-0.3, -0.25) is 9.59 Å². The van der Waals surface area contributed by atoms with E-state index in [4.69, 9.17) is 5.11 Å². The molecule has 1 heterocycles. The minimum absolute atomic E-state index is 0.0504. The van der Waals surface area contributed by atoms with Gasteiger partial charge in [0.25, 0.3) is 0 Å². The highest BCUT2D eigenvalue weighted by Crippen LogP contribution is 2.39. The van der Waals surface area contributed by atoms with Crippen LogP contribution in [0.25, 0.3) is 0 Å². The maximum Gasteiger partial charge on any atom is 0.308 e. The summed E-state index contributed by atoms with van der Waals surface area (Å²) in [6, 6.07) is 0. The van der Waals surface area contributed by atoms with E-state index in [-0.39, 0.29) is 17.4 Å². The Kier molecular flexibility index (Phi) is 2.44. The molecule has 1 N–H and O–H groups in total. The molecule has 1 amide bonds. The number of amides is 1. The Hall–Kier alpha value is -1.06. The number of piperidine rings is 1. The smallest absolute Gasteiger partial charge is 0.308 e. The first-order valence-corrected chi connectivity index (χ1v) is 5.56. The van der Waals surface area contributed by atoms with Crippen molar-refractivity contribution in [2.24, 2.45) is 5.92 Å². The van der Waals surface area contributed by atoms with E-state index in [0.29, 0.717) is 19.4 Å². The third-order valence-corrected chi connectivity index (χ3v) is 3.84. The van der Waals surface area contributed by atoms with Crippen molar-refractivity contribution in [1.82, 2.24) is 4.90 Å². The van der Waals surface area contributed by atoms with Crippen LogP contribution in [0.4, 0.5) is 0 Å². The molecular formula is C11H17NO3. The Labute approximate surface area is 89.3 Å². The molecule has 15 heavy (non-hydrogen) atoms. The lowest BCUT2D eigenvalue weighted by Gasteiger charge is -2.50. The first-order chi connectivity index (χ1) is 7.03. The third-order valence-electron chi connectivity index (χ3n) is 3.84. The van der Waals surface area contributed by atoms with E-state index in [9.17, 15) is 9.59 Å². The van der Waals surface area contributed by atoms with Gasteiger partial charge in [-0.15, -0.1) is 0 Å². The number of carbonyl (C=O) groups excluding carboxylic acids is 1. The van der Waals surface area contributed by atoms with Crippen molar-refractivity contribution < 1.29 is 14.7 Å². The van der Waals surface area contributed by atoms with Gasteiger partial charge >= 0.3 is 5.97 Å². The van der Waals surface area contributed by atoms with Crippen molar-refractivity contribution in [2.45, 2.75) is 44.6 Å². The number of nitrogens with zero attached hydrogens (tertiary/aromatic N) is 1. The molecule has 84 valence electrons. The van der Waals surface area contributed by atoms with Crippen molar-refractivity contribution in [3.63, 3.8) is 0 Å². The van der Waals surface area contributed by atoms with Gasteiger partial charge < -0.3 is 10.0 Å². The average Bonchev–Trinajstić information content (AvgIpc) is 2.14. The van der Waals surface area contributed by atoms with E-state index in [1.54, 1.807) is 4.90 Å². The van der Waals surface area contributed by atoms with Crippen LogP contribution < -0.4 is 0 Å². The van der Waals surface area contributed by atoms with Crippen LogP contribution in [-0.4, -0.2) is 34.0 Å². The fourth-order valence-corrected chi connectivity index (χ4v) is 2.53. The molecule has 0 aromatic carbocycles. The molecular weight excluding hydrogens is 194 g/mol. The lowest BCUT2D eigenvalue weighted by Crippen LogP contribution is -2.58. The van der Waals surface area contributed by atoms with Crippen molar-refractivity contribution >= 4 is 11.9 Å². The molecule has 0 aromatic heterocycles. The minimum Gasteiger partial charge on any atom is -0.481 e. The van der Waals surface area contributed by atoms with Gasteiger partial charge in [-0.25, -0.2) is 0 Å². The minimum atomic E-state index is -0.768. The summed E-state index contributed by atoms with van der Waals surface area (Å²) in [7, 11) is 0. The van der Waals surface area contributed by atoms with Gasteiger partial charge in [-0.05, 0) is 32.6 Å². The molecule has 1 saturated heterocycles. The molecule has 2 rings (SSSR count). The summed E-state index contributed by atoms with van der Waals surface area (Å²) in [4.78, 5) is 24.4. The molecule has 1 saturated carbocycles. The maximum absolute atomic E-state index is 11.7. The van der Waals surface area contributed by atoms with E-state index in [2.05, 4.69) is 6.92 Å². The van der Waals surface area contributed by atoms with Gasteiger partial charge in [0, 0.05) is 18.5 Å². The molecule has 1 unspecified atom stereocenters. The van der Waals surface area contributed by atoms with E-state index < -0.39 is 5.97 Å². The molecule has 0 bridgehead atoms. The van der Waals surface area contributed by atoms with E-state index in [0.717, 1.165) is 19.3 Å². The summed E-state index contributed by atoms with van der Waals surface area (Å²) in [5, 5.41) is 8.96. The highest BCUT2D eigenvalue weighted by molar-refractivity contribution is 5.81. The summed E-state index contributed by atoms with van der Waals surface area (Å²) in [6.45, 7) is 2.48. The predicted molar refractivity (Wildman–Crippen MR) is 54.3 cm³/mol. The summed E-state index contributed by atoms with van der Waals surface area (Å²) >= 11 is 0. The fourth-order valence-electron chi connectivity index (χ4n) is 2.53. The summed E-state index contributed by atoms with van der Waals surface area (Å²) < 4.78 is 0. The Morgan fingerprint density at radius 1 is 1.53 bits per heavy atom. The van der Waals surface area contributed by atoms with Crippen LogP contribution in [0.2, 0.25) is 0 Å². The number of likely N-dealkylation sites (tertiary alicyclic amines) is 1. The van der Waals surface area contributed by atoms with Gasteiger partial charge in [0.15, 0.2) is 0 Å². The van der Waals surface area contributed by atoms with Gasteiger partial charge in [-0.2, -0.15) is 0 Å². The SMILES string of the molecule is CC1(N2CC(C(=O)O)CCC2=O)CCC1. The van der Waals surface area contributed by atoms with Crippen LogP contribution in [0.5, 0.6) is 0 Å². The highest BCUT2D eigenvalue weighted by atomic mass is 16.4. The Balaban J connectivity index is 2.08. The molecule has 0 aromatic rings. The molecule has 4 nitrogen and oxygen atoms in total. The van der Waals surface area contributed by atoms with Crippen molar-refractivity contribution in [1.29, 1.82) is 0 Å². The quantitative estimate of drug-likeness (QED) is 0.748. The monoisotopic (exact) mass is 211 g/mol. The molecule has 1 atom stereocenters. The van der Waals surface area contributed by atoms with E-state index in [1.807, 2.05) is 0 Å². The zero-order chi connectivity index (χ0) is 11.1. The maximum atomic E-state index is 11.7. The van der Waals surface area contributed by atoms with E-state index >= 15 is 0 Å². The van der Waals surface area contributed by atoms with Gasteiger partial charge in [0.1, 0.15) is 0 Å². The Bertz CT molecular complexity index is 296. The lowest BCUT2D eigenvalue weighted by atomic mass is 9.75. The number of hydrogen-bond donors (Lipinski definition) is 1. The normalized spacial score (nSPS) is 29.8. The second-order valence-corrected chi connectivity index (χ2v) is 4.93. The molecule has 0 spiro atoms. The molecule has 4 heteroatoms. The molecule has 2 fully saturated rings. The van der Waals surface area contributed by atoms with Crippen LogP contribution in [0.15, 0.2) is 0 Å². The standard InChI is InChI=1S/C11H17NO3/c1-11(5-2-6-11)12-7-8(10(14)15)3-4-9(12)13/h8H,2-7H2,1H3,(H,14,15). The van der Waals surface area contributed by atoms with Crippen LogP contribution in [0, 0.1) is 5.92 Å². The second kappa shape index (κ2) is 3.51. The topological polar surface area (TPSA) is 57.6 Å². The number of aliphatic carboxylic acids is 1. The third kappa shape index (κ3) is 1.73. The lowest BCUT2D eigenvalue weighted by molar-refractivity contribution is -0.153. The fraction of sp³-hybridized carbons (Fsp3) is 0.818. The van der Waals surface area contributed by atoms with Crippen LogP contribution in [0.1, 0.15) is 39.0 Å². The van der Waals surface area contributed by atoms with Gasteiger partial charge in [-0.1, -0.05) is 0 Å². The van der Waals surface area contributed by atoms with Gasteiger partial charge in [0.05, 0.1) is 5.92 Å². The molecule has 1 aliphatic carbocycles. The highest BCUT2D eigenvalue weighted by Gasteiger charge is 2.44. The van der Waals surface area contributed by atoms with Crippen molar-refractivity contribution in [3.8, 4) is 0 Å². The Morgan fingerprint density at radius 2 is 2.20 bits per heavy atom. The van der Waals surface area contributed by atoms with Crippen molar-refractivity contribution in [3.05, 3.63) is 0 Å². The first-order valence-electron chi connectivity index (χ1n) is 5.56. The Morgan fingerprint density at radius 3 is 2.67 bits per heavy atom. The zero-order valence-corrected chi connectivity index (χ0v) is 9.03. The van der Waals surface area contributed by atoms with Gasteiger partial charge in [0.2, 0.25) is 5.91 Å². The largest absolute Gasteiger partial charge is 0.481 e. The molecule has 2 aliphatic rings. The first kappa shape index (κ1) is 10.5. The number of carboxylic acids is 1. The van der Waals surface area contributed by atoms with Crippen LogP contribution in [0.3, 0.4) is 0 Å². The number of carboxylic acid groups (broad SMARTS) is 1. The van der Waals surface area contributed by atoms with Crippen molar-refractivity contribution in [2.75, 3.05) is 6.54 Å². The number of rotatable bonds is 2. The molecule has 1 aliphatic heterocycles. The summed E-state index contributed by atoms with van der Waals surface area (Å²) in [5.74, 6) is -0.995. The summed E-state index contributed by atoms with van der Waals surface area (Å²) in [5.41, 5.74) is -0.0504. The van der Waals surface area contributed by atoms with Crippen LogP contribution in [-0.2, 0) is 9.59 Å². The summed E-state index contributed by atoms with van der Waals surface area (Å²) in [6.07, 6.45) is 4.08. The number of carbonyl (C=O) groups is 2. The number of hydrogen-bond acceptors (Lipinski definition) is 2. The second-order valence-electron chi connectivity index (χ2n) is 4.93. The molecule has 0 radical (unpaired) electrons. The zero-order valence-electron chi connectivity index (χ0n) is 9.03. The van der Waals surface area contributed by atoms with Crippen LogP contribution >= 0.6 is 0 Å².